The Balaban J connectivity index is 2.17. The van der Waals surface area contributed by atoms with Crippen molar-refractivity contribution in [2.75, 3.05) is 7.11 Å². The van der Waals surface area contributed by atoms with E-state index in [0.717, 1.165) is 4.47 Å². The van der Waals surface area contributed by atoms with Crippen molar-refractivity contribution in [1.29, 1.82) is 0 Å². The summed E-state index contributed by atoms with van der Waals surface area (Å²) in [5, 5.41) is -0.598. The van der Waals surface area contributed by atoms with Crippen LogP contribution in [-0.2, 0) is 10.8 Å². The van der Waals surface area contributed by atoms with E-state index >= 15 is 0 Å². The van der Waals surface area contributed by atoms with Gasteiger partial charge in [-0.3, -0.25) is 9.00 Å². The first-order valence-electron chi connectivity index (χ1n) is 6.37. The van der Waals surface area contributed by atoms with Gasteiger partial charge in [-0.1, -0.05) is 15.9 Å². The number of carbonyl (C=O) groups excluding carboxylic acids is 1. The monoisotopic (exact) mass is 366 g/mol. The molecule has 0 saturated heterocycles. The van der Waals surface area contributed by atoms with Crippen molar-refractivity contribution in [2.45, 2.75) is 17.1 Å². The van der Waals surface area contributed by atoms with Crippen LogP contribution in [0.4, 0.5) is 0 Å². The molecule has 0 bridgehead atoms. The number of hydrogen-bond donors (Lipinski definition) is 0. The molecule has 0 radical (unpaired) electrons. The van der Waals surface area contributed by atoms with Gasteiger partial charge in [0.2, 0.25) is 0 Å². The van der Waals surface area contributed by atoms with E-state index in [2.05, 4.69) is 15.9 Å². The third-order valence-corrected chi connectivity index (χ3v) is 5.23. The molecule has 0 spiro atoms. The molecule has 2 atom stereocenters. The minimum Gasteiger partial charge on any atom is -0.497 e. The van der Waals surface area contributed by atoms with Crippen molar-refractivity contribution in [3.63, 3.8) is 0 Å². The molecule has 2 aromatic rings. The molecule has 0 fully saturated rings. The van der Waals surface area contributed by atoms with E-state index in [0.29, 0.717) is 16.2 Å². The van der Waals surface area contributed by atoms with Gasteiger partial charge in [0.05, 0.1) is 23.2 Å². The highest BCUT2D eigenvalue weighted by molar-refractivity contribution is 9.10. The van der Waals surface area contributed by atoms with Crippen molar-refractivity contribution < 1.29 is 13.7 Å². The van der Waals surface area contributed by atoms with Gasteiger partial charge in [-0.25, -0.2) is 0 Å². The van der Waals surface area contributed by atoms with Gasteiger partial charge in [0.25, 0.3) is 0 Å². The third-order valence-electron chi connectivity index (χ3n) is 3.11. The van der Waals surface area contributed by atoms with E-state index in [1.54, 1.807) is 50.4 Å². The third kappa shape index (κ3) is 3.80. The fourth-order valence-electron chi connectivity index (χ4n) is 1.86. The first-order chi connectivity index (χ1) is 10.0. The quantitative estimate of drug-likeness (QED) is 0.755. The van der Waals surface area contributed by atoms with E-state index in [-0.39, 0.29) is 5.78 Å². The van der Waals surface area contributed by atoms with Gasteiger partial charge in [0, 0.05) is 14.9 Å². The maximum Gasteiger partial charge on any atom is 0.178 e. The van der Waals surface area contributed by atoms with Crippen LogP contribution < -0.4 is 4.74 Å². The number of hydrogen-bond acceptors (Lipinski definition) is 3. The molecule has 2 aromatic carbocycles. The highest BCUT2D eigenvalue weighted by atomic mass is 79.9. The van der Waals surface area contributed by atoms with Crippen LogP contribution in [0.1, 0.15) is 17.3 Å². The second-order valence-electron chi connectivity index (χ2n) is 4.49. The Morgan fingerprint density at radius 3 is 2.19 bits per heavy atom. The molecule has 110 valence electrons. The lowest BCUT2D eigenvalue weighted by molar-refractivity contribution is 0.0992. The van der Waals surface area contributed by atoms with E-state index in [1.807, 2.05) is 12.1 Å². The van der Waals surface area contributed by atoms with E-state index in [4.69, 9.17) is 4.74 Å². The zero-order valence-electron chi connectivity index (χ0n) is 11.7. The molecular formula is C16H15BrO3S. The van der Waals surface area contributed by atoms with Gasteiger partial charge >= 0.3 is 0 Å². The van der Waals surface area contributed by atoms with Crippen LogP contribution in [0.25, 0.3) is 0 Å². The van der Waals surface area contributed by atoms with Crippen LogP contribution in [0.2, 0.25) is 0 Å². The second kappa shape index (κ2) is 7.00. The Bertz CT molecular complexity index is 650. The molecule has 0 N–H and O–H groups in total. The summed E-state index contributed by atoms with van der Waals surface area (Å²) in [4.78, 5) is 13.0. The van der Waals surface area contributed by atoms with Gasteiger partial charge in [0.15, 0.2) is 5.78 Å². The fourth-order valence-corrected chi connectivity index (χ4v) is 3.27. The molecule has 2 rings (SSSR count). The van der Waals surface area contributed by atoms with Crippen LogP contribution in [-0.4, -0.2) is 22.4 Å². The molecule has 0 saturated carbocycles. The zero-order chi connectivity index (χ0) is 15.4. The number of rotatable bonds is 5. The lowest BCUT2D eigenvalue weighted by Gasteiger charge is -2.11. The highest BCUT2D eigenvalue weighted by Crippen LogP contribution is 2.19. The minimum atomic E-state index is -1.38. The van der Waals surface area contributed by atoms with Crippen molar-refractivity contribution in [3.8, 4) is 5.75 Å². The number of methoxy groups -OCH3 is 1. The van der Waals surface area contributed by atoms with Gasteiger partial charge in [-0.2, -0.15) is 0 Å². The molecule has 0 aromatic heterocycles. The topological polar surface area (TPSA) is 43.4 Å². The minimum absolute atomic E-state index is 0.140. The Hall–Kier alpha value is -1.46. The molecule has 2 unspecified atom stereocenters. The lowest BCUT2D eigenvalue weighted by atomic mass is 10.1. The summed E-state index contributed by atoms with van der Waals surface area (Å²) in [6, 6.07) is 14.0. The van der Waals surface area contributed by atoms with Gasteiger partial charge in [0.1, 0.15) is 5.75 Å². The summed E-state index contributed by atoms with van der Waals surface area (Å²) >= 11 is 3.33. The summed E-state index contributed by atoms with van der Waals surface area (Å²) in [7, 11) is 0.196. The standard InChI is InChI=1S/C16H15BrO3S/c1-11(21(19)15-9-5-13(17)6-10-15)16(18)12-3-7-14(20-2)8-4-12/h3-11H,1-2H3. The summed E-state index contributed by atoms with van der Waals surface area (Å²) in [6.07, 6.45) is 0. The number of ketones is 1. The summed E-state index contributed by atoms with van der Waals surface area (Å²) in [6.45, 7) is 1.69. The zero-order valence-corrected chi connectivity index (χ0v) is 14.1. The predicted octanol–water partition coefficient (Wildman–Crippen LogP) is 3.84. The highest BCUT2D eigenvalue weighted by Gasteiger charge is 2.22. The van der Waals surface area contributed by atoms with Crippen LogP contribution in [0.15, 0.2) is 57.9 Å². The maximum atomic E-state index is 12.4. The number of benzene rings is 2. The largest absolute Gasteiger partial charge is 0.497 e. The summed E-state index contributed by atoms with van der Waals surface area (Å²) in [5.41, 5.74) is 0.536. The molecule has 0 aliphatic heterocycles. The number of carbonyl (C=O) groups is 1. The molecule has 5 heteroatoms. The van der Waals surface area contributed by atoms with Crippen LogP contribution >= 0.6 is 15.9 Å². The van der Waals surface area contributed by atoms with Gasteiger partial charge in [-0.05, 0) is 55.5 Å². The van der Waals surface area contributed by atoms with Crippen molar-refractivity contribution in [2.24, 2.45) is 0 Å². The van der Waals surface area contributed by atoms with Gasteiger partial charge in [-0.15, -0.1) is 0 Å². The summed E-state index contributed by atoms with van der Waals surface area (Å²) < 4.78 is 18.4. The number of halogens is 1. The molecule has 3 nitrogen and oxygen atoms in total. The fraction of sp³-hybridized carbons (Fsp3) is 0.188. The Morgan fingerprint density at radius 1 is 1.10 bits per heavy atom. The number of Topliss-reactive ketones (excluding diaryl/α,β-unsaturated/α-hetero) is 1. The average molecular weight is 367 g/mol. The van der Waals surface area contributed by atoms with Crippen LogP contribution in [0, 0.1) is 0 Å². The first kappa shape index (κ1) is 15.9. The smallest absolute Gasteiger partial charge is 0.178 e. The lowest BCUT2D eigenvalue weighted by Crippen LogP contribution is -2.22. The molecular weight excluding hydrogens is 352 g/mol. The van der Waals surface area contributed by atoms with Crippen molar-refractivity contribution in [1.82, 2.24) is 0 Å². The predicted molar refractivity (Wildman–Crippen MR) is 87.3 cm³/mol. The average Bonchev–Trinajstić information content (AvgIpc) is 2.53. The maximum absolute atomic E-state index is 12.4. The van der Waals surface area contributed by atoms with E-state index in [1.165, 1.54) is 0 Å². The number of ether oxygens (including phenoxy) is 1. The molecule has 0 aliphatic carbocycles. The van der Waals surface area contributed by atoms with E-state index in [9.17, 15) is 9.00 Å². The van der Waals surface area contributed by atoms with Crippen LogP contribution in [0.5, 0.6) is 5.75 Å². The second-order valence-corrected chi connectivity index (χ2v) is 7.18. The molecule has 21 heavy (non-hydrogen) atoms. The molecule has 0 aliphatic rings. The van der Waals surface area contributed by atoms with Crippen LogP contribution in [0.3, 0.4) is 0 Å². The Morgan fingerprint density at radius 2 is 1.67 bits per heavy atom. The summed E-state index contributed by atoms with van der Waals surface area (Å²) in [5.74, 6) is 0.548. The molecule has 0 heterocycles. The van der Waals surface area contributed by atoms with Crippen molar-refractivity contribution in [3.05, 3.63) is 58.6 Å². The first-order valence-corrected chi connectivity index (χ1v) is 8.38. The van der Waals surface area contributed by atoms with Gasteiger partial charge < -0.3 is 4.74 Å². The Kier molecular flexibility index (Phi) is 5.31. The van der Waals surface area contributed by atoms with E-state index < -0.39 is 16.0 Å². The van der Waals surface area contributed by atoms with Crippen molar-refractivity contribution >= 4 is 32.5 Å². The molecule has 0 amide bonds. The SMILES string of the molecule is COc1ccc(C(=O)C(C)S(=O)c2ccc(Br)cc2)cc1. The Labute approximate surface area is 134 Å². The normalized spacial score (nSPS) is 13.5.